The third-order valence-electron chi connectivity index (χ3n) is 4.35. The van der Waals surface area contributed by atoms with E-state index in [2.05, 4.69) is 37.0 Å². The van der Waals surface area contributed by atoms with Crippen molar-refractivity contribution in [1.29, 1.82) is 0 Å². The Hall–Kier alpha value is -1.35. The average molecular weight is 416 g/mol. The molecule has 1 aliphatic heterocycles. The number of halogens is 1. The summed E-state index contributed by atoms with van der Waals surface area (Å²) < 4.78 is 25.6. The molecule has 2 rings (SSSR count). The predicted octanol–water partition coefficient (Wildman–Crippen LogP) is 1.36. The van der Waals surface area contributed by atoms with Crippen LogP contribution in [0.4, 0.5) is 0 Å². The van der Waals surface area contributed by atoms with Gasteiger partial charge in [0.15, 0.2) is 5.96 Å². The third-order valence-corrected chi connectivity index (χ3v) is 5.53. The Kier molecular flexibility index (Phi) is 7.50. The highest BCUT2D eigenvalue weighted by molar-refractivity contribution is 7.88. The van der Waals surface area contributed by atoms with Crippen LogP contribution in [0, 0.1) is 0 Å². The summed E-state index contributed by atoms with van der Waals surface area (Å²) >= 11 is 5.94. The van der Waals surface area contributed by atoms with Crippen LogP contribution in [0.5, 0.6) is 0 Å². The van der Waals surface area contributed by atoms with Gasteiger partial charge in [-0.1, -0.05) is 23.7 Å². The lowest BCUT2D eigenvalue weighted by atomic mass is 10.1. The second-order valence-electron chi connectivity index (χ2n) is 7.55. The van der Waals surface area contributed by atoms with E-state index in [9.17, 15) is 8.42 Å². The maximum atomic E-state index is 11.5. The van der Waals surface area contributed by atoms with Gasteiger partial charge in [0.1, 0.15) is 0 Å². The van der Waals surface area contributed by atoms with Crippen LogP contribution in [-0.4, -0.2) is 75.7 Å². The van der Waals surface area contributed by atoms with Gasteiger partial charge in [-0.05, 0) is 31.5 Å². The van der Waals surface area contributed by atoms with Crippen molar-refractivity contribution in [2.45, 2.75) is 25.9 Å². The standard InChI is InChI=1S/C18H30ClN5O2S/c1-18(2,22-27(4,25)26)14-21-17(20-3)24-11-9-23(10-12-24)13-15-5-7-16(19)8-6-15/h5-8,22H,9-14H2,1-4H3,(H,20,21). The quantitative estimate of drug-likeness (QED) is 0.542. The van der Waals surface area contributed by atoms with Crippen molar-refractivity contribution in [3.8, 4) is 0 Å². The average Bonchev–Trinajstić information content (AvgIpc) is 2.56. The summed E-state index contributed by atoms with van der Waals surface area (Å²) in [6, 6.07) is 7.97. The summed E-state index contributed by atoms with van der Waals surface area (Å²) in [4.78, 5) is 8.96. The summed E-state index contributed by atoms with van der Waals surface area (Å²) in [5, 5.41) is 4.04. The lowest BCUT2D eigenvalue weighted by Gasteiger charge is -2.37. The molecule has 0 aliphatic carbocycles. The Morgan fingerprint density at radius 1 is 1.19 bits per heavy atom. The van der Waals surface area contributed by atoms with Crippen LogP contribution in [0.2, 0.25) is 5.02 Å². The number of sulfonamides is 1. The van der Waals surface area contributed by atoms with Crippen molar-refractivity contribution in [2.24, 2.45) is 4.99 Å². The minimum Gasteiger partial charge on any atom is -0.354 e. The fourth-order valence-electron chi connectivity index (χ4n) is 3.14. The van der Waals surface area contributed by atoms with E-state index in [-0.39, 0.29) is 0 Å². The van der Waals surface area contributed by atoms with E-state index in [1.807, 2.05) is 26.0 Å². The zero-order chi connectivity index (χ0) is 20.1. The van der Waals surface area contributed by atoms with Gasteiger partial charge in [0.2, 0.25) is 10.0 Å². The molecule has 27 heavy (non-hydrogen) atoms. The van der Waals surface area contributed by atoms with Crippen molar-refractivity contribution in [3.05, 3.63) is 34.9 Å². The molecule has 0 saturated carbocycles. The largest absolute Gasteiger partial charge is 0.354 e. The lowest BCUT2D eigenvalue weighted by molar-refractivity contribution is 0.172. The molecule has 9 heteroatoms. The van der Waals surface area contributed by atoms with E-state index >= 15 is 0 Å². The van der Waals surface area contributed by atoms with E-state index < -0.39 is 15.6 Å². The maximum Gasteiger partial charge on any atom is 0.209 e. The van der Waals surface area contributed by atoms with Crippen molar-refractivity contribution < 1.29 is 8.42 Å². The van der Waals surface area contributed by atoms with Crippen LogP contribution >= 0.6 is 11.6 Å². The molecular weight excluding hydrogens is 386 g/mol. The fourth-order valence-corrected chi connectivity index (χ4v) is 4.34. The normalized spacial score (nSPS) is 17.2. The number of guanidine groups is 1. The summed E-state index contributed by atoms with van der Waals surface area (Å²) in [5.41, 5.74) is 0.656. The summed E-state index contributed by atoms with van der Waals surface area (Å²) in [7, 11) is -1.51. The summed E-state index contributed by atoms with van der Waals surface area (Å²) in [5.74, 6) is 0.796. The van der Waals surface area contributed by atoms with E-state index in [4.69, 9.17) is 11.6 Å². The smallest absolute Gasteiger partial charge is 0.209 e. The Labute approximate surface area is 167 Å². The zero-order valence-corrected chi connectivity index (χ0v) is 18.1. The Morgan fingerprint density at radius 2 is 1.78 bits per heavy atom. The molecule has 0 atom stereocenters. The molecule has 1 aliphatic rings. The molecule has 0 radical (unpaired) electrons. The SMILES string of the molecule is CN=C(NCC(C)(C)NS(C)(=O)=O)N1CCN(Cc2ccc(Cl)cc2)CC1. The number of piperazine rings is 1. The number of hydrogen-bond acceptors (Lipinski definition) is 4. The van der Waals surface area contributed by atoms with Gasteiger partial charge >= 0.3 is 0 Å². The van der Waals surface area contributed by atoms with Crippen LogP contribution in [0.25, 0.3) is 0 Å². The number of nitrogens with zero attached hydrogens (tertiary/aromatic N) is 3. The molecule has 0 amide bonds. The molecule has 0 spiro atoms. The van der Waals surface area contributed by atoms with Crippen LogP contribution in [-0.2, 0) is 16.6 Å². The first-order chi connectivity index (χ1) is 12.6. The molecule has 1 saturated heterocycles. The van der Waals surface area contributed by atoms with Crippen LogP contribution < -0.4 is 10.0 Å². The van der Waals surface area contributed by atoms with E-state index in [1.165, 1.54) is 11.8 Å². The molecule has 0 bridgehead atoms. The highest BCUT2D eigenvalue weighted by Crippen LogP contribution is 2.13. The first-order valence-corrected chi connectivity index (χ1v) is 11.3. The maximum absolute atomic E-state index is 11.5. The minimum absolute atomic E-state index is 0.456. The molecule has 0 aromatic heterocycles. The fraction of sp³-hybridized carbons (Fsp3) is 0.611. The molecule has 7 nitrogen and oxygen atoms in total. The van der Waals surface area contributed by atoms with Gasteiger partial charge in [-0.3, -0.25) is 9.89 Å². The molecule has 152 valence electrons. The van der Waals surface area contributed by atoms with Crippen LogP contribution in [0.3, 0.4) is 0 Å². The van der Waals surface area contributed by atoms with Crippen molar-refractivity contribution in [1.82, 2.24) is 19.8 Å². The van der Waals surface area contributed by atoms with E-state index in [0.29, 0.717) is 6.54 Å². The Morgan fingerprint density at radius 3 is 2.30 bits per heavy atom. The van der Waals surface area contributed by atoms with Crippen molar-refractivity contribution in [2.75, 3.05) is 46.0 Å². The summed E-state index contributed by atoms with van der Waals surface area (Å²) in [6.45, 7) is 8.67. The first kappa shape index (κ1) is 21.9. The van der Waals surface area contributed by atoms with Gasteiger partial charge in [0.05, 0.1) is 6.26 Å². The molecule has 0 unspecified atom stereocenters. The highest BCUT2D eigenvalue weighted by atomic mass is 35.5. The second kappa shape index (κ2) is 9.23. The molecular formula is C18H30ClN5O2S. The lowest BCUT2D eigenvalue weighted by Crippen LogP contribution is -2.56. The number of benzene rings is 1. The van der Waals surface area contributed by atoms with Gasteiger partial charge in [-0.15, -0.1) is 0 Å². The molecule has 1 aromatic rings. The van der Waals surface area contributed by atoms with Crippen LogP contribution in [0.15, 0.2) is 29.3 Å². The zero-order valence-electron chi connectivity index (χ0n) is 16.5. The van der Waals surface area contributed by atoms with E-state index in [1.54, 1.807) is 7.05 Å². The predicted molar refractivity (Wildman–Crippen MR) is 112 cm³/mol. The number of rotatable bonds is 6. The number of aliphatic imine (C=N–C) groups is 1. The Bertz CT molecular complexity index is 742. The van der Waals surface area contributed by atoms with Crippen LogP contribution in [0.1, 0.15) is 19.4 Å². The summed E-state index contributed by atoms with van der Waals surface area (Å²) in [6.07, 6.45) is 1.17. The highest BCUT2D eigenvalue weighted by Gasteiger charge is 2.25. The van der Waals surface area contributed by atoms with Gasteiger partial charge in [0.25, 0.3) is 0 Å². The Balaban J connectivity index is 1.83. The molecule has 2 N–H and O–H groups in total. The molecule has 1 heterocycles. The molecule has 1 fully saturated rings. The van der Waals surface area contributed by atoms with Crippen molar-refractivity contribution >= 4 is 27.6 Å². The first-order valence-electron chi connectivity index (χ1n) is 8.99. The van der Waals surface area contributed by atoms with Gasteiger partial charge < -0.3 is 10.2 Å². The van der Waals surface area contributed by atoms with Gasteiger partial charge in [-0.25, -0.2) is 13.1 Å². The van der Waals surface area contributed by atoms with Crippen molar-refractivity contribution in [3.63, 3.8) is 0 Å². The number of nitrogens with one attached hydrogen (secondary N) is 2. The molecule has 1 aromatic carbocycles. The van der Waals surface area contributed by atoms with Gasteiger partial charge in [0, 0.05) is 56.9 Å². The van der Waals surface area contributed by atoms with Gasteiger partial charge in [-0.2, -0.15) is 0 Å². The van der Waals surface area contributed by atoms with E-state index in [0.717, 1.165) is 43.7 Å². The monoisotopic (exact) mass is 415 g/mol. The number of hydrogen-bond donors (Lipinski definition) is 2. The topological polar surface area (TPSA) is 77.0 Å². The minimum atomic E-state index is -3.26. The third kappa shape index (κ3) is 7.65. The second-order valence-corrected chi connectivity index (χ2v) is 9.73.